The fourth-order valence-corrected chi connectivity index (χ4v) is 3.09. The van der Waals surface area contributed by atoms with Crippen molar-refractivity contribution in [3.05, 3.63) is 75.3 Å². The molecule has 0 spiro atoms. The van der Waals surface area contributed by atoms with E-state index in [-0.39, 0.29) is 28.1 Å². The van der Waals surface area contributed by atoms with Gasteiger partial charge in [0, 0.05) is 16.3 Å². The van der Waals surface area contributed by atoms with Crippen LogP contribution in [0, 0.1) is 17.1 Å². The summed E-state index contributed by atoms with van der Waals surface area (Å²) >= 11 is 6.81. The lowest BCUT2D eigenvalue weighted by atomic mass is 10.1. The van der Waals surface area contributed by atoms with Gasteiger partial charge in [0.15, 0.2) is 5.16 Å². The normalized spacial score (nSPS) is 10.3. The maximum atomic E-state index is 13.1. The Hall–Kier alpha value is -3.15. The minimum atomic E-state index is -0.627. The topological polar surface area (TPSA) is 98.6 Å². The molecule has 9 heteroatoms. The average molecular weight is 415 g/mol. The first-order valence-corrected chi connectivity index (χ1v) is 9.31. The number of nitriles is 1. The van der Waals surface area contributed by atoms with E-state index in [2.05, 4.69) is 15.3 Å². The highest BCUT2D eigenvalue weighted by Gasteiger charge is 2.14. The number of thioether (sulfide) groups is 1. The van der Waals surface area contributed by atoms with E-state index in [1.54, 1.807) is 30.3 Å². The molecule has 3 rings (SSSR count). The second-order valence-electron chi connectivity index (χ2n) is 5.56. The van der Waals surface area contributed by atoms with E-state index in [0.29, 0.717) is 16.3 Å². The first kappa shape index (κ1) is 19.6. The summed E-state index contributed by atoms with van der Waals surface area (Å²) in [6.45, 7) is 0. The van der Waals surface area contributed by atoms with Crippen LogP contribution in [0.2, 0.25) is 5.02 Å². The fraction of sp³-hybridized carbons (Fsp3) is 0.0526. The fourth-order valence-electron chi connectivity index (χ4n) is 2.31. The van der Waals surface area contributed by atoms with Gasteiger partial charge in [-0.15, -0.1) is 0 Å². The zero-order valence-electron chi connectivity index (χ0n) is 14.2. The summed E-state index contributed by atoms with van der Waals surface area (Å²) in [6, 6.07) is 13.7. The Bertz CT molecular complexity index is 1110. The molecule has 6 nitrogen and oxygen atoms in total. The molecule has 1 aromatic heterocycles. The van der Waals surface area contributed by atoms with Gasteiger partial charge >= 0.3 is 0 Å². The van der Waals surface area contributed by atoms with Crippen molar-refractivity contribution < 1.29 is 9.18 Å². The monoisotopic (exact) mass is 414 g/mol. The Morgan fingerprint density at radius 1 is 1.21 bits per heavy atom. The number of amides is 1. The third kappa shape index (κ3) is 4.76. The van der Waals surface area contributed by atoms with E-state index in [0.717, 1.165) is 11.8 Å². The Morgan fingerprint density at radius 3 is 2.54 bits per heavy atom. The maximum Gasteiger partial charge on any atom is 0.270 e. The highest BCUT2D eigenvalue weighted by Crippen LogP contribution is 2.22. The SMILES string of the molecule is N#Cc1c(-c2ccc(F)cc2)nc(SCC(=O)Nc2ccc(Cl)cc2)[nH]c1=O. The van der Waals surface area contributed by atoms with Crippen LogP contribution in [-0.4, -0.2) is 21.6 Å². The maximum absolute atomic E-state index is 13.1. The first-order chi connectivity index (χ1) is 13.5. The summed E-state index contributed by atoms with van der Waals surface area (Å²) in [5, 5.41) is 12.7. The number of hydrogen-bond donors (Lipinski definition) is 2. The van der Waals surface area contributed by atoms with E-state index in [1.165, 1.54) is 24.3 Å². The number of aromatic nitrogens is 2. The van der Waals surface area contributed by atoms with Gasteiger partial charge in [-0.1, -0.05) is 23.4 Å². The predicted octanol–water partition coefficient (Wildman–Crippen LogP) is 3.83. The molecule has 3 aromatic rings. The molecule has 0 aliphatic rings. The van der Waals surface area contributed by atoms with E-state index < -0.39 is 11.4 Å². The minimum absolute atomic E-state index is 0.0136. The molecule has 1 amide bonds. The van der Waals surface area contributed by atoms with Crippen molar-refractivity contribution >= 4 is 35.0 Å². The second kappa shape index (κ2) is 8.69. The minimum Gasteiger partial charge on any atom is -0.325 e. The molecule has 0 fully saturated rings. The Balaban J connectivity index is 1.78. The number of carbonyl (C=O) groups excluding carboxylic acids is 1. The zero-order chi connectivity index (χ0) is 20.1. The van der Waals surface area contributed by atoms with E-state index in [9.17, 15) is 19.2 Å². The zero-order valence-corrected chi connectivity index (χ0v) is 15.8. The van der Waals surface area contributed by atoms with Gasteiger partial charge in [-0.3, -0.25) is 9.59 Å². The molecule has 0 saturated heterocycles. The van der Waals surface area contributed by atoms with Crippen molar-refractivity contribution in [2.45, 2.75) is 5.16 Å². The number of rotatable bonds is 5. The van der Waals surface area contributed by atoms with Gasteiger partial charge < -0.3 is 10.3 Å². The molecule has 28 heavy (non-hydrogen) atoms. The molecule has 0 unspecified atom stereocenters. The number of halogens is 2. The molecule has 0 atom stereocenters. The van der Waals surface area contributed by atoms with Crippen LogP contribution in [0.15, 0.2) is 58.5 Å². The molecule has 0 bridgehead atoms. The van der Waals surface area contributed by atoms with Gasteiger partial charge in [-0.2, -0.15) is 5.26 Å². The van der Waals surface area contributed by atoms with Crippen LogP contribution in [0.3, 0.4) is 0 Å². The van der Waals surface area contributed by atoms with Crippen LogP contribution in [0.5, 0.6) is 0 Å². The summed E-state index contributed by atoms with van der Waals surface area (Å²) < 4.78 is 13.1. The first-order valence-electron chi connectivity index (χ1n) is 7.95. The summed E-state index contributed by atoms with van der Waals surface area (Å²) in [5.74, 6) is -0.761. The number of nitrogens with one attached hydrogen (secondary N) is 2. The number of benzene rings is 2. The lowest BCUT2D eigenvalue weighted by molar-refractivity contribution is -0.113. The molecule has 140 valence electrons. The molecular formula is C19H12ClFN4O2S. The summed E-state index contributed by atoms with van der Waals surface area (Å²) in [7, 11) is 0. The highest BCUT2D eigenvalue weighted by molar-refractivity contribution is 7.99. The third-order valence-electron chi connectivity index (χ3n) is 3.60. The Morgan fingerprint density at radius 2 is 1.89 bits per heavy atom. The van der Waals surface area contributed by atoms with Crippen LogP contribution >= 0.6 is 23.4 Å². The van der Waals surface area contributed by atoms with Crippen LogP contribution in [0.1, 0.15) is 5.56 Å². The van der Waals surface area contributed by atoms with Crippen molar-refractivity contribution in [1.29, 1.82) is 5.26 Å². The summed E-state index contributed by atoms with van der Waals surface area (Å²) in [4.78, 5) is 31.0. The quantitative estimate of drug-likeness (QED) is 0.488. The smallest absolute Gasteiger partial charge is 0.270 e. The number of nitrogens with zero attached hydrogens (tertiary/aromatic N) is 2. The third-order valence-corrected chi connectivity index (χ3v) is 4.72. The number of hydrogen-bond acceptors (Lipinski definition) is 5. The van der Waals surface area contributed by atoms with Gasteiger partial charge in [0.25, 0.3) is 5.56 Å². The van der Waals surface area contributed by atoms with Gasteiger partial charge in [-0.05, 0) is 48.5 Å². The molecular weight excluding hydrogens is 403 g/mol. The van der Waals surface area contributed by atoms with E-state index in [4.69, 9.17) is 11.6 Å². The summed E-state index contributed by atoms with van der Waals surface area (Å²) in [6.07, 6.45) is 0. The standard InChI is InChI=1S/C19H12ClFN4O2S/c20-12-3-7-14(8-4-12)23-16(26)10-28-19-24-17(15(9-22)18(27)25-19)11-1-5-13(21)6-2-11/h1-8H,10H2,(H,23,26)(H,24,25,27). The van der Waals surface area contributed by atoms with Crippen molar-refractivity contribution in [1.82, 2.24) is 9.97 Å². The van der Waals surface area contributed by atoms with Gasteiger partial charge in [0.1, 0.15) is 17.4 Å². The highest BCUT2D eigenvalue weighted by atomic mass is 35.5. The Kier molecular flexibility index (Phi) is 6.09. The van der Waals surface area contributed by atoms with E-state index in [1.807, 2.05) is 0 Å². The van der Waals surface area contributed by atoms with Gasteiger partial charge in [-0.25, -0.2) is 9.37 Å². The van der Waals surface area contributed by atoms with Crippen LogP contribution < -0.4 is 10.9 Å². The molecule has 0 aliphatic heterocycles. The largest absolute Gasteiger partial charge is 0.325 e. The summed E-state index contributed by atoms with van der Waals surface area (Å²) in [5.41, 5.74) is 0.339. The van der Waals surface area contributed by atoms with Crippen molar-refractivity contribution in [2.75, 3.05) is 11.1 Å². The van der Waals surface area contributed by atoms with Crippen molar-refractivity contribution in [3.8, 4) is 17.3 Å². The Labute approximate surface area is 168 Å². The number of carbonyl (C=O) groups is 1. The lowest BCUT2D eigenvalue weighted by Gasteiger charge is -2.07. The second-order valence-corrected chi connectivity index (χ2v) is 6.96. The van der Waals surface area contributed by atoms with Gasteiger partial charge in [0.2, 0.25) is 5.91 Å². The van der Waals surface area contributed by atoms with Gasteiger partial charge in [0.05, 0.1) is 11.4 Å². The van der Waals surface area contributed by atoms with Crippen LogP contribution in [-0.2, 0) is 4.79 Å². The van der Waals surface area contributed by atoms with Crippen molar-refractivity contribution in [3.63, 3.8) is 0 Å². The molecule has 0 radical (unpaired) electrons. The number of aromatic amines is 1. The van der Waals surface area contributed by atoms with Crippen molar-refractivity contribution in [2.24, 2.45) is 0 Å². The average Bonchev–Trinajstić information content (AvgIpc) is 2.68. The predicted molar refractivity (Wildman–Crippen MR) is 106 cm³/mol. The lowest BCUT2D eigenvalue weighted by Crippen LogP contribution is -2.17. The van der Waals surface area contributed by atoms with Crippen LogP contribution in [0.4, 0.5) is 10.1 Å². The molecule has 1 heterocycles. The molecule has 2 N–H and O–H groups in total. The van der Waals surface area contributed by atoms with Crippen LogP contribution in [0.25, 0.3) is 11.3 Å². The molecule has 2 aromatic carbocycles. The number of H-pyrrole nitrogens is 1. The molecule has 0 saturated carbocycles. The van der Waals surface area contributed by atoms with E-state index >= 15 is 0 Å². The molecule has 0 aliphatic carbocycles. The number of anilines is 1.